The Morgan fingerprint density at radius 1 is 0.404 bits per heavy atom. The van der Waals surface area contributed by atoms with E-state index in [1.807, 2.05) is 54.6 Å². The van der Waals surface area contributed by atoms with E-state index >= 15 is 0 Å². The zero-order valence-electron chi connectivity index (χ0n) is 26.3. The second-order valence-corrected chi connectivity index (χ2v) is 11.6. The van der Waals surface area contributed by atoms with Crippen LogP contribution in [-0.4, -0.2) is 15.0 Å². The second-order valence-electron chi connectivity index (χ2n) is 11.6. The highest BCUT2D eigenvalue weighted by atomic mass is 16.3. The summed E-state index contributed by atoms with van der Waals surface area (Å²) >= 11 is 0. The SMILES string of the molecule is [2H]c1cc(-c2nc(-c3ccccc3)nc(-c3ccc(-c4ccc5ccccc5c4)cc3)n2)c2c(c1)oc1cc(-c3ccccc3)ccc12. The summed E-state index contributed by atoms with van der Waals surface area (Å²) in [5.74, 6) is 1.62. The summed E-state index contributed by atoms with van der Waals surface area (Å²) in [6.45, 7) is 0. The van der Waals surface area contributed by atoms with Crippen molar-refractivity contribution in [3.05, 3.63) is 164 Å². The van der Waals surface area contributed by atoms with Gasteiger partial charge in [-0.1, -0.05) is 140 Å². The fraction of sp³-hybridized carbons (Fsp3) is 0. The van der Waals surface area contributed by atoms with Gasteiger partial charge in [0.25, 0.3) is 0 Å². The van der Waals surface area contributed by atoms with Crippen LogP contribution in [0.5, 0.6) is 0 Å². The summed E-state index contributed by atoms with van der Waals surface area (Å²) in [6.07, 6.45) is 0. The molecule has 9 rings (SSSR count). The van der Waals surface area contributed by atoms with Crippen molar-refractivity contribution in [1.29, 1.82) is 0 Å². The van der Waals surface area contributed by atoms with Gasteiger partial charge in [0.05, 0.1) is 1.37 Å². The van der Waals surface area contributed by atoms with E-state index in [1.54, 1.807) is 6.07 Å². The Hall–Kier alpha value is -6.39. The Morgan fingerprint density at radius 3 is 1.72 bits per heavy atom. The summed E-state index contributed by atoms with van der Waals surface area (Å²) < 4.78 is 15.1. The molecule has 0 fully saturated rings. The Labute approximate surface area is 273 Å². The molecular weight excluding hydrogens is 574 g/mol. The van der Waals surface area contributed by atoms with Gasteiger partial charge in [-0.25, -0.2) is 15.0 Å². The molecule has 0 N–H and O–H groups in total. The van der Waals surface area contributed by atoms with E-state index in [1.165, 1.54) is 10.8 Å². The number of nitrogens with zero attached hydrogens (tertiary/aromatic N) is 3. The van der Waals surface area contributed by atoms with Crippen LogP contribution in [0.4, 0.5) is 0 Å². The summed E-state index contributed by atoms with van der Waals surface area (Å²) in [6, 6.07) is 53.6. The highest BCUT2D eigenvalue weighted by Crippen LogP contribution is 2.38. The number of rotatable bonds is 5. The van der Waals surface area contributed by atoms with Crippen molar-refractivity contribution in [1.82, 2.24) is 15.0 Å². The molecule has 9 aromatic rings. The van der Waals surface area contributed by atoms with Crippen LogP contribution in [0.2, 0.25) is 0 Å². The van der Waals surface area contributed by atoms with Crippen molar-refractivity contribution in [2.24, 2.45) is 0 Å². The zero-order chi connectivity index (χ0) is 32.0. The minimum atomic E-state index is 0.322. The molecule has 0 aliphatic heterocycles. The largest absolute Gasteiger partial charge is 0.456 e. The first-order valence-electron chi connectivity index (χ1n) is 16.1. The van der Waals surface area contributed by atoms with Crippen molar-refractivity contribution in [3.8, 4) is 56.4 Å². The molecule has 220 valence electrons. The molecule has 0 spiro atoms. The lowest BCUT2D eigenvalue weighted by Gasteiger charge is -2.10. The lowest BCUT2D eigenvalue weighted by Crippen LogP contribution is -2.00. The van der Waals surface area contributed by atoms with E-state index in [0.29, 0.717) is 29.1 Å². The van der Waals surface area contributed by atoms with Gasteiger partial charge < -0.3 is 4.42 Å². The maximum absolute atomic E-state index is 8.68. The van der Waals surface area contributed by atoms with Crippen LogP contribution >= 0.6 is 0 Å². The standard InChI is InChI=1S/C43H27N3O/c1-3-10-28(11-4-1)35-24-25-36-39(27-35)47-38-17-9-16-37(40(36)38)43-45-41(31-13-5-2-6-14-31)44-42(46-43)32-21-18-30(19-22-32)34-23-20-29-12-7-8-15-33(29)26-34/h1-27H/i9D. The molecule has 2 heterocycles. The van der Waals surface area contributed by atoms with Gasteiger partial charge >= 0.3 is 0 Å². The third-order valence-electron chi connectivity index (χ3n) is 8.67. The Balaban J connectivity index is 1.19. The van der Waals surface area contributed by atoms with Crippen molar-refractivity contribution in [2.75, 3.05) is 0 Å². The van der Waals surface area contributed by atoms with Gasteiger partial charge in [-0.2, -0.15) is 0 Å². The molecular formula is C43H27N3O. The molecule has 0 unspecified atom stereocenters. The Bertz CT molecular complexity index is 2610. The van der Waals surface area contributed by atoms with Crippen LogP contribution in [0.3, 0.4) is 0 Å². The Morgan fingerprint density at radius 2 is 0.957 bits per heavy atom. The zero-order valence-corrected chi connectivity index (χ0v) is 25.3. The predicted molar refractivity (Wildman–Crippen MR) is 192 cm³/mol. The van der Waals surface area contributed by atoms with Gasteiger partial charge in [-0.3, -0.25) is 0 Å². The summed E-state index contributed by atoms with van der Waals surface area (Å²) in [5, 5.41) is 4.25. The third-order valence-corrected chi connectivity index (χ3v) is 8.67. The summed E-state index contributed by atoms with van der Waals surface area (Å²) in [5.41, 5.74) is 8.32. The van der Waals surface area contributed by atoms with Crippen LogP contribution in [-0.2, 0) is 0 Å². The molecule has 0 aliphatic carbocycles. The quantitative estimate of drug-likeness (QED) is 0.197. The molecule has 4 heteroatoms. The topological polar surface area (TPSA) is 51.8 Å². The average Bonchev–Trinajstić information content (AvgIpc) is 3.52. The summed E-state index contributed by atoms with van der Waals surface area (Å²) in [4.78, 5) is 15.0. The monoisotopic (exact) mass is 602 g/mol. The van der Waals surface area contributed by atoms with E-state index in [9.17, 15) is 0 Å². The summed E-state index contributed by atoms with van der Waals surface area (Å²) in [7, 11) is 0. The number of benzene rings is 7. The van der Waals surface area contributed by atoms with Gasteiger partial charge in [0.15, 0.2) is 17.5 Å². The molecule has 0 atom stereocenters. The van der Waals surface area contributed by atoms with Gasteiger partial charge in [0.2, 0.25) is 0 Å². The minimum Gasteiger partial charge on any atom is -0.456 e. The third kappa shape index (κ3) is 4.93. The van der Waals surface area contributed by atoms with Crippen molar-refractivity contribution < 1.29 is 5.79 Å². The van der Waals surface area contributed by atoms with Crippen LogP contribution < -0.4 is 0 Å². The minimum absolute atomic E-state index is 0.322. The number of furan rings is 1. The fourth-order valence-electron chi connectivity index (χ4n) is 6.28. The number of fused-ring (bicyclic) bond motifs is 4. The predicted octanol–water partition coefficient (Wildman–Crippen LogP) is 11.3. The first kappa shape index (κ1) is 25.9. The molecule has 2 aromatic heterocycles. The van der Waals surface area contributed by atoms with Crippen LogP contribution in [0.1, 0.15) is 1.37 Å². The highest BCUT2D eigenvalue weighted by molar-refractivity contribution is 6.12. The molecule has 0 saturated heterocycles. The van der Waals surface area contributed by atoms with Crippen molar-refractivity contribution >= 4 is 32.7 Å². The van der Waals surface area contributed by atoms with Crippen LogP contribution in [0.25, 0.3) is 89.1 Å². The fourth-order valence-corrected chi connectivity index (χ4v) is 6.28. The molecule has 0 saturated carbocycles. The molecule has 7 aromatic carbocycles. The molecule has 47 heavy (non-hydrogen) atoms. The normalized spacial score (nSPS) is 11.7. The smallest absolute Gasteiger partial charge is 0.164 e. The maximum Gasteiger partial charge on any atom is 0.164 e. The van der Waals surface area contributed by atoms with Gasteiger partial charge in [-0.05, 0) is 57.3 Å². The number of hydrogen-bond donors (Lipinski definition) is 0. The number of aromatic nitrogens is 3. The molecule has 0 bridgehead atoms. The molecule has 4 nitrogen and oxygen atoms in total. The lowest BCUT2D eigenvalue weighted by molar-refractivity contribution is 0.669. The van der Waals surface area contributed by atoms with Crippen LogP contribution in [0, 0.1) is 0 Å². The Kier molecular flexibility index (Phi) is 6.17. The average molecular weight is 603 g/mol. The lowest BCUT2D eigenvalue weighted by atomic mass is 10.00. The first-order valence-corrected chi connectivity index (χ1v) is 15.6. The van der Waals surface area contributed by atoms with E-state index in [-0.39, 0.29) is 0 Å². The van der Waals surface area contributed by atoms with E-state index in [0.717, 1.165) is 55.3 Å². The highest BCUT2D eigenvalue weighted by Gasteiger charge is 2.18. The van der Waals surface area contributed by atoms with Crippen molar-refractivity contribution in [3.63, 3.8) is 0 Å². The van der Waals surface area contributed by atoms with Crippen LogP contribution in [0.15, 0.2) is 168 Å². The second kappa shape index (κ2) is 11.2. The van der Waals surface area contributed by atoms with E-state index in [2.05, 4.69) is 97.1 Å². The van der Waals surface area contributed by atoms with E-state index in [4.69, 9.17) is 20.7 Å². The number of hydrogen-bond acceptors (Lipinski definition) is 4. The molecule has 0 radical (unpaired) electrons. The maximum atomic E-state index is 8.68. The molecule has 0 amide bonds. The van der Waals surface area contributed by atoms with Gasteiger partial charge in [0, 0.05) is 27.5 Å². The van der Waals surface area contributed by atoms with E-state index < -0.39 is 0 Å². The molecule has 0 aliphatic rings. The van der Waals surface area contributed by atoms with Gasteiger partial charge in [0.1, 0.15) is 11.2 Å². The van der Waals surface area contributed by atoms with Gasteiger partial charge in [-0.15, -0.1) is 0 Å². The van der Waals surface area contributed by atoms with Crippen molar-refractivity contribution in [2.45, 2.75) is 0 Å². The first-order chi connectivity index (χ1) is 23.7.